The third-order valence-corrected chi connectivity index (χ3v) is 3.52. The Hall–Kier alpha value is -1.59. The molecule has 1 aliphatic rings. The minimum Gasteiger partial charge on any atom is -0.379 e. The van der Waals surface area contributed by atoms with Crippen molar-refractivity contribution in [1.82, 2.24) is 10.2 Å². The molecule has 21 heavy (non-hydrogen) atoms. The molecule has 0 aliphatic carbocycles. The fourth-order valence-corrected chi connectivity index (χ4v) is 2.25. The van der Waals surface area contributed by atoms with Gasteiger partial charge in [0.15, 0.2) is 5.96 Å². The minimum absolute atomic E-state index is 0.522. The lowest BCUT2D eigenvalue weighted by Crippen LogP contribution is -2.35. The largest absolute Gasteiger partial charge is 0.379 e. The van der Waals surface area contributed by atoms with Crippen molar-refractivity contribution in [3.63, 3.8) is 0 Å². The predicted molar refractivity (Wildman–Crippen MR) is 86.2 cm³/mol. The van der Waals surface area contributed by atoms with Crippen LogP contribution in [0.2, 0.25) is 0 Å². The number of nitrogens with one attached hydrogen (secondary N) is 1. The Morgan fingerprint density at radius 2 is 1.90 bits per heavy atom. The number of hydrogen-bond donors (Lipinski definition) is 2. The Bertz CT molecular complexity index is 438. The third kappa shape index (κ3) is 5.73. The molecule has 0 amide bonds. The van der Waals surface area contributed by atoms with Gasteiger partial charge in [-0.2, -0.15) is 0 Å². The van der Waals surface area contributed by atoms with Gasteiger partial charge in [0.1, 0.15) is 0 Å². The lowest BCUT2D eigenvalue weighted by molar-refractivity contribution is 0.0342. The lowest BCUT2D eigenvalue weighted by atomic mass is 10.1. The number of hydrogen-bond acceptors (Lipinski definition) is 3. The highest BCUT2D eigenvalue weighted by molar-refractivity contribution is 5.77. The van der Waals surface area contributed by atoms with Crippen molar-refractivity contribution >= 4 is 5.96 Å². The van der Waals surface area contributed by atoms with Gasteiger partial charge in [-0.3, -0.25) is 4.90 Å². The van der Waals surface area contributed by atoms with E-state index in [1.165, 1.54) is 11.1 Å². The Morgan fingerprint density at radius 3 is 2.57 bits per heavy atom. The molecule has 0 unspecified atom stereocenters. The van der Waals surface area contributed by atoms with Crippen molar-refractivity contribution in [3.05, 3.63) is 35.4 Å². The van der Waals surface area contributed by atoms with Crippen LogP contribution < -0.4 is 11.1 Å². The highest BCUT2D eigenvalue weighted by Gasteiger charge is 2.10. The zero-order valence-corrected chi connectivity index (χ0v) is 12.8. The number of guanidine groups is 1. The van der Waals surface area contributed by atoms with Gasteiger partial charge in [0.25, 0.3) is 0 Å². The highest BCUT2D eigenvalue weighted by atomic mass is 16.5. The van der Waals surface area contributed by atoms with Crippen LogP contribution >= 0.6 is 0 Å². The molecule has 5 nitrogen and oxygen atoms in total. The number of nitrogens with two attached hydrogens (primary N) is 1. The second-order valence-corrected chi connectivity index (χ2v) is 5.33. The van der Waals surface area contributed by atoms with Gasteiger partial charge in [-0.25, -0.2) is 4.99 Å². The molecule has 0 saturated carbocycles. The molecule has 2 rings (SSSR count). The van der Waals surface area contributed by atoms with Gasteiger partial charge >= 0.3 is 0 Å². The van der Waals surface area contributed by atoms with E-state index < -0.39 is 0 Å². The van der Waals surface area contributed by atoms with E-state index in [0.717, 1.165) is 45.8 Å². The minimum atomic E-state index is 0.522. The topological polar surface area (TPSA) is 62.9 Å². The maximum atomic E-state index is 5.78. The molecule has 1 heterocycles. The van der Waals surface area contributed by atoms with Gasteiger partial charge in [-0.05, 0) is 17.5 Å². The number of ether oxygens (including phenoxy) is 1. The molecule has 1 aromatic carbocycles. The van der Waals surface area contributed by atoms with E-state index in [1.54, 1.807) is 0 Å². The molecule has 1 saturated heterocycles. The van der Waals surface area contributed by atoms with E-state index in [4.69, 9.17) is 10.5 Å². The number of aliphatic imine (C=N–C) groups is 1. The average molecular weight is 290 g/mol. The number of rotatable bonds is 6. The zero-order chi connectivity index (χ0) is 14.9. The molecule has 1 aromatic rings. The monoisotopic (exact) mass is 290 g/mol. The van der Waals surface area contributed by atoms with Crippen LogP contribution in [0.4, 0.5) is 0 Å². The van der Waals surface area contributed by atoms with E-state index in [0.29, 0.717) is 12.5 Å². The van der Waals surface area contributed by atoms with E-state index in [2.05, 4.69) is 46.4 Å². The van der Waals surface area contributed by atoms with Crippen molar-refractivity contribution in [2.45, 2.75) is 26.4 Å². The average Bonchev–Trinajstić information content (AvgIpc) is 2.53. The Morgan fingerprint density at radius 1 is 1.24 bits per heavy atom. The molecule has 0 atom stereocenters. The lowest BCUT2D eigenvalue weighted by Gasteiger charge is -2.26. The molecule has 116 valence electrons. The normalized spacial score (nSPS) is 16.9. The third-order valence-electron chi connectivity index (χ3n) is 3.52. The second-order valence-electron chi connectivity index (χ2n) is 5.33. The molecule has 0 radical (unpaired) electrons. The molecular weight excluding hydrogens is 264 g/mol. The number of nitrogens with zero attached hydrogens (tertiary/aromatic N) is 2. The van der Waals surface area contributed by atoms with Gasteiger partial charge < -0.3 is 15.8 Å². The van der Waals surface area contributed by atoms with Gasteiger partial charge in [0.05, 0.1) is 19.8 Å². The summed E-state index contributed by atoms with van der Waals surface area (Å²) in [6, 6.07) is 8.62. The van der Waals surface area contributed by atoms with Gasteiger partial charge in [-0.1, -0.05) is 31.2 Å². The van der Waals surface area contributed by atoms with Crippen molar-refractivity contribution in [1.29, 1.82) is 0 Å². The van der Waals surface area contributed by atoms with Gasteiger partial charge in [0, 0.05) is 26.2 Å². The zero-order valence-electron chi connectivity index (χ0n) is 12.8. The molecule has 0 aromatic heterocycles. The molecule has 1 fully saturated rings. The summed E-state index contributed by atoms with van der Waals surface area (Å²) < 4.78 is 5.36. The summed E-state index contributed by atoms with van der Waals surface area (Å²) in [7, 11) is 0. The summed E-state index contributed by atoms with van der Waals surface area (Å²) in [4.78, 5) is 6.75. The summed E-state index contributed by atoms with van der Waals surface area (Å²) in [5.41, 5.74) is 8.30. The molecule has 1 aliphatic heterocycles. The fraction of sp³-hybridized carbons (Fsp3) is 0.562. The summed E-state index contributed by atoms with van der Waals surface area (Å²) in [6.07, 6.45) is 1.05. The highest BCUT2D eigenvalue weighted by Crippen LogP contribution is 2.09. The maximum absolute atomic E-state index is 5.78. The predicted octanol–water partition coefficient (Wildman–Crippen LogP) is 1.33. The van der Waals surface area contributed by atoms with Crippen LogP contribution in [-0.4, -0.2) is 43.7 Å². The van der Waals surface area contributed by atoms with Crippen LogP contribution in [-0.2, 0) is 17.8 Å². The molecule has 5 heteroatoms. The SMILES string of the molecule is CCCNC(N)=NCc1ccc(CN2CCOCC2)cc1. The van der Waals surface area contributed by atoms with Crippen LogP contribution in [0, 0.1) is 0 Å². The van der Waals surface area contributed by atoms with Gasteiger partial charge in [-0.15, -0.1) is 0 Å². The van der Waals surface area contributed by atoms with Crippen molar-refractivity contribution in [2.24, 2.45) is 10.7 Å². The standard InChI is InChI=1S/C16H26N4O/c1-2-7-18-16(17)19-12-14-3-5-15(6-4-14)13-20-8-10-21-11-9-20/h3-6H,2,7-13H2,1H3,(H3,17,18,19). The van der Waals surface area contributed by atoms with E-state index >= 15 is 0 Å². The summed E-state index contributed by atoms with van der Waals surface area (Å²) in [5.74, 6) is 0.522. The molecule has 0 spiro atoms. The molecule has 0 bridgehead atoms. The van der Waals surface area contributed by atoms with Crippen LogP contribution in [0.3, 0.4) is 0 Å². The quantitative estimate of drug-likeness (QED) is 0.613. The first-order valence-corrected chi connectivity index (χ1v) is 7.69. The van der Waals surface area contributed by atoms with Crippen LogP contribution in [0.15, 0.2) is 29.3 Å². The number of benzene rings is 1. The number of morpholine rings is 1. The smallest absolute Gasteiger partial charge is 0.188 e. The second kappa shape index (κ2) is 8.64. The first-order chi connectivity index (χ1) is 10.3. The van der Waals surface area contributed by atoms with E-state index in [-0.39, 0.29) is 0 Å². The fourth-order valence-electron chi connectivity index (χ4n) is 2.25. The Kier molecular flexibility index (Phi) is 6.50. The Balaban J connectivity index is 1.81. The molecular formula is C16H26N4O. The van der Waals surface area contributed by atoms with Crippen LogP contribution in [0.25, 0.3) is 0 Å². The summed E-state index contributed by atoms with van der Waals surface area (Å²) in [6.45, 7) is 8.32. The first kappa shape index (κ1) is 15.8. The molecule has 3 N–H and O–H groups in total. The summed E-state index contributed by atoms with van der Waals surface area (Å²) in [5, 5.41) is 3.08. The maximum Gasteiger partial charge on any atom is 0.188 e. The first-order valence-electron chi connectivity index (χ1n) is 7.69. The van der Waals surface area contributed by atoms with Crippen LogP contribution in [0.5, 0.6) is 0 Å². The van der Waals surface area contributed by atoms with Gasteiger partial charge in [0.2, 0.25) is 0 Å². The van der Waals surface area contributed by atoms with Crippen molar-refractivity contribution in [3.8, 4) is 0 Å². The van der Waals surface area contributed by atoms with Crippen molar-refractivity contribution < 1.29 is 4.74 Å². The van der Waals surface area contributed by atoms with E-state index in [1.807, 2.05) is 0 Å². The Labute approximate surface area is 127 Å². The van der Waals surface area contributed by atoms with E-state index in [9.17, 15) is 0 Å². The van der Waals surface area contributed by atoms with Crippen molar-refractivity contribution in [2.75, 3.05) is 32.8 Å². The van der Waals surface area contributed by atoms with Crippen LogP contribution in [0.1, 0.15) is 24.5 Å². The summed E-state index contributed by atoms with van der Waals surface area (Å²) >= 11 is 0.